The molecule has 0 unspecified atom stereocenters. The third-order valence-electron chi connectivity index (χ3n) is 5.95. The van der Waals surface area contributed by atoms with Crippen molar-refractivity contribution < 1.29 is 13.2 Å². The van der Waals surface area contributed by atoms with E-state index >= 15 is 0 Å². The van der Waals surface area contributed by atoms with E-state index in [2.05, 4.69) is 16.0 Å². The molecule has 9 heteroatoms. The maximum atomic E-state index is 13.0. The van der Waals surface area contributed by atoms with Crippen molar-refractivity contribution in [1.82, 2.24) is 9.29 Å². The molecule has 0 atom stereocenters. The lowest BCUT2D eigenvalue weighted by Gasteiger charge is -2.39. The van der Waals surface area contributed by atoms with E-state index in [4.69, 9.17) is 17.0 Å². The highest BCUT2D eigenvalue weighted by Gasteiger charge is 2.34. The Kier molecular flexibility index (Phi) is 5.68. The van der Waals surface area contributed by atoms with Gasteiger partial charge in [-0.2, -0.15) is 9.57 Å². The molecule has 1 aromatic heterocycles. The molecule has 4 rings (SSSR count). The summed E-state index contributed by atoms with van der Waals surface area (Å²) in [6, 6.07) is 9.18. The van der Waals surface area contributed by atoms with Crippen LogP contribution in [0.4, 0.5) is 5.82 Å². The van der Waals surface area contributed by atoms with Crippen LogP contribution in [-0.2, 0) is 27.8 Å². The van der Waals surface area contributed by atoms with Gasteiger partial charge >= 0.3 is 0 Å². The summed E-state index contributed by atoms with van der Waals surface area (Å²) in [6.07, 6.45) is 0.609. The van der Waals surface area contributed by atoms with Crippen molar-refractivity contribution in [2.75, 3.05) is 31.1 Å². The molecular formula is C22H26N4O3S2. The summed E-state index contributed by atoms with van der Waals surface area (Å²) < 4.78 is 34.0. The van der Waals surface area contributed by atoms with Gasteiger partial charge in [-0.05, 0) is 38.5 Å². The summed E-state index contributed by atoms with van der Waals surface area (Å²) in [7, 11) is -3.53. The van der Waals surface area contributed by atoms with E-state index in [1.807, 2.05) is 32.9 Å². The van der Waals surface area contributed by atoms with Gasteiger partial charge in [-0.15, -0.1) is 0 Å². The third kappa shape index (κ3) is 4.13. The molecule has 0 amide bonds. The number of hydrogen-bond acceptors (Lipinski definition) is 6. The summed E-state index contributed by atoms with van der Waals surface area (Å²) in [5, 5.41) is 9.63. The molecule has 2 aromatic rings. The number of nitriles is 1. The number of sulfonamides is 1. The Hall–Kier alpha value is -2.25. The monoisotopic (exact) mass is 458 g/mol. The van der Waals surface area contributed by atoms with Crippen molar-refractivity contribution >= 4 is 28.1 Å². The molecule has 0 aliphatic carbocycles. The normalized spacial score (nSPS) is 19.0. The maximum Gasteiger partial charge on any atom is 0.243 e. The number of nitrogens with one attached hydrogen (secondary N) is 1. The zero-order valence-corrected chi connectivity index (χ0v) is 19.6. The van der Waals surface area contributed by atoms with Crippen LogP contribution in [0.15, 0.2) is 29.2 Å². The minimum atomic E-state index is -3.53. The fourth-order valence-electron chi connectivity index (χ4n) is 4.17. The van der Waals surface area contributed by atoms with Gasteiger partial charge in [-0.3, -0.25) is 0 Å². The van der Waals surface area contributed by atoms with Crippen LogP contribution in [-0.4, -0.2) is 49.5 Å². The predicted molar refractivity (Wildman–Crippen MR) is 121 cm³/mol. The molecular weight excluding hydrogens is 432 g/mol. The lowest BCUT2D eigenvalue weighted by Crippen LogP contribution is -2.49. The van der Waals surface area contributed by atoms with Gasteiger partial charge in [0.1, 0.15) is 16.5 Å². The fraction of sp³-hybridized carbons (Fsp3) is 0.455. The average molecular weight is 459 g/mol. The van der Waals surface area contributed by atoms with Crippen molar-refractivity contribution in [3.8, 4) is 6.07 Å². The van der Waals surface area contributed by atoms with Gasteiger partial charge in [-0.1, -0.05) is 29.9 Å². The molecule has 0 bridgehead atoms. The number of benzene rings is 1. The number of anilines is 1. The highest BCUT2D eigenvalue weighted by molar-refractivity contribution is 7.89. The molecule has 31 heavy (non-hydrogen) atoms. The number of H-pyrrole nitrogens is 1. The third-order valence-corrected chi connectivity index (χ3v) is 8.17. The Labute approximate surface area is 188 Å². The van der Waals surface area contributed by atoms with Gasteiger partial charge < -0.3 is 14.6 Å². The van der Waals surface area contributed by atoms with Crippen molar-refractivity contribution in [1.29, 1.82) is 5.26 Å². The first-order valence-corrected chi connectivity index (χ1v) is 12.1. The Morgan fingerprint density at radius 3 is 2.39 bits per heavy atom. The van der Waals surface area contributed by atoms with Crippen LogP contribution in [0.1, 0.15) is 36.1 Å². The second-order valence-corrected chi connectivity index (χ2v) is 11.0. The number of rotatable bonds is 3. The fourth-order valence-corrected chi connectivity index (χ4v) is 5.86. The largest absolute Gasteiger partial charge is 0.370 e. The topological polar surface area (TPSA) is 89.4 Å². The number of nitrogens with zero attached hydrogens (tertiary/aromatic N) is 3. The minimum Gasteiger partial charge on any atom is -0.370 e. The quantitative estimate of drug-likeness (QED) is 0.710. The van der Waals surface area contributed by atoms with Crippen LogP contribution in [0.3, 0.4) is 0 Å². The van der Waals surface area contributed by atoms with Gasteiger partial charge in [0, 0.05) is 38.2 Å². The zero-order valence-electron chi connectivity index (χ0n) is 17.9. The predicted octanol–water partition coefficient (Wildman–Crippen LogP) is 3.29. The number of hydrogen-bond donors (Lipinski definition) is 1. The molecule has 0 spiro atoms. The first-order valence-electron chi connectivity index (χ1n) is 10.3. The van der Waals surface area contributed by atoms with Crippen LogP contribution in [0.2, 0.25) is 0 Å². The first kappa shape index (κ1) is 22.0. The van der Waals surface area contributed by atoms with Gasteiger partial charge in [0.25, 0.3) is 0 Å². The number of aryl methyl sites for hydroxylation is 1. The molecule has 1 aromatic carbocycles. The summed E-state index contributed by atoms with van der Waals surface area (Å²) in [6.45, 7) is 8.13. The van der Waals surface area contributed by atoms with E-state index in [9.17, 15) is 13.7 Å². The number of piperazine rings is 1. The average Bonchev–Trinajstić information content (AvgIpc) is 2.73. The molecule has 1 saturated heterocycles. The van der Waals surface area contributed by atoms with Gasteiger partial charge in [-0.25, -0.2) is 8.42 Å². The summed E-state index contributed by atoms with van der Waals surface area (Å²) in [5.74, 6) is 0.835. The molecule has 0 radical (unpaired) electrons. The van der Waals surface area contributed by atoms with Crippen molar-refractivity contribution in [3.05, 3.63) is 51.2 Å². The van der Waals surface area contributed by atoms with E-state index in [-0.39, 0.29) is 5.60 Å². The first-order chi connectivity index (χ1) is 14.6. The highest BCUT2D eigenvalue weighted by Crippen LogP contribution is 2.35. The van der Waals surface area contributed by atoms with Crippen LogP contribution in [0.25, 0.3) is 0 Å². The van der Waals surface area contributed by atoms with E-state index in [1.54, 1.807) is 12.1 Å². The molecule has 7 nitrogen and oxygen atoms in total. The number of aromatic nitrogens is 1. The summed E-state index contributed by atoms with van der Waals surface area (Å²) in [4.78, 5) is 5.64. The smallest absolute Gasteiger partial charge is 0.243 e. The van der Waals surface area contributed by atoms with Crippen molar-refractivity contribution in [2.45, 2.75) is 44.3 Å². The highest BCUT2D eigenvalue weighted by atomic mass is 32.2. The summed E-state index contributed by atoms with van der Waals surface area (Å²) in [5.41, 5.74) is 3.05. The lowest BCUT2D eigenvalue weighted by atomic mass is 9.89. The Morgan fingerprint density at radius 1 is 1.13 bits per heavy atom. The SMILES string of the molecule is Cc1ccc(S(=O)(=O)N2CCN(c3[nH]c(=S)c(C#N)c4c3COC(C)(C)C4)CC2)cc1. The second kappa shape index (κ2) is 8.02. The summed E-state index contributed by atoms with van der Waals surface area (Å²) >= 11 is 5.47. The van der Waals surface area contributed by atoms with Gasteiger partial charge in [0.05, 0.1) is 22.7 Å². The van der Waals surface area contributed by atoms with E-state index in [0.29, 0.717) is 54.3 Å². The number of fused-ring (bicyclic) bond motifs is 1. The molecule has 3 heterocycles. The second-order valence-electron chi connectivity index (χ2n) is 8.68. The van der Waals surface area contributed by atoms with E-state index < -0.39 is 10.0 Å². The molecule has 1 N–H and O–H groups in total. The Morgan fingerprint density at radius 2 is 1.77 bits per heavy atom. The van der Waals surface area contributed by atoms with Gasteiger partial charge in [0.2, 0.25) is 10.0 Å². The Bertz CT molecular complexity index is 1200. The van der Waals surface area contributed by atoms with Crippen LogP contribution < -0.4 is 4.90 Å². The lowest BCUT2D eigenvalue weighted by molar-refractivity contribution is -0.0401. The van der Waals surface area contributed by atoms with E-state index in [0.717, 1.165) is 22.5 Å². The number of aromatic amines is 1. The van der Waals surface area contributed by atoms with Crippen LogP contribution in [0, 0.1) is 22.9 Å². The number of pyridine rings is 1. The molecule has 164 valence electrons. The molecule has 2 aliphatic heterocycles. The molecule has 1 fully saturated rings. The molecule has 0 saturated carbocycles. The molecule has 2 aliphatic rings. The van der Waals surface area contributed by atoms with Crippen LogP contribution >= 0.6 is 12.2 Å². The maximum absolute atomic E-state index is 13.0. The van der Waals surface area contributed by atoms with E-state index in [1.165, 1.54) is 4.31 Å². The van der Waals surface area contributed by atoms with Crippen molar-refractivity contribution in [2.24, 2.45) is 0 Å². The van der Waals surface area contributed by atoms with Crippen molar-refractivity contribution in [3.63, 3.8) is 0 Å². The standard InChI is InChI=1S/C22H26N4O3S2/c1-15-4-6-16(7-5-15)31(27,28)26-10-8-25(9-11-26)20-19-14-29-22(2,3)12-17(19)18(13-23)21(30)24-20/h4-7H,8-12,14H2,1-3H3,(H,24,30). The Balaban J connectivity index is 1.60. The number of ether oxygens (including phenoxy) is 1. The van der Waals surface area contributed by atoms with Crippen LogP contribution in [0.5, 0.6) is 0 Å². The van der Waals surface area contributed by atoms with Gasteiger partial charge in [0.15, 0.2) is 0 Å². The zero-order chi connectivity index (χ0) is 22.4. The minimum absolute atomic E-state index is 0.317.